The normalized spacial score (nSPS) is 18.8. The highest BCUT2D eigenvalue weighted by Gasteiger charge is 2.77. The second kappa shape index (κ2) is 16.3. The first-order valence-electron chi connectivity index (χ1n) is 19.7. The SMILES string of the molecule is Cc1ccc(Cl)c(C2=c3c(Cl)c(Cl)c4n3C35n6c(c(Cl)c(Cl)c6C(c6c(Cl)ccc(S(=O)(=O)O)c6Cl)=C6C(Cl)=C(Cl)C2=[N+]63)C(c2c(Cl)cccc2Cl)=C2C(Cl)=C(Cl)C(=[N+]25)C=4c2c(Cl)cccc2Cl)c1Cl. The molecule has 1 spiro atoms. The van der Waals surface area contributed by atoms with Crippen molar-refractivity contribution in [3.8, 4) is 0 Å². The van der Waals surface area contributed by atoms with Gasteiger partial charge in [0.1, 0.15) is 25.0 Å². The lowest BCUT2D eigenvalue weighted by molar-refractivity contribution is -0.834. The van der Waals surface area contributed by atoms with Crippen molar-refractivity contribution in [3.05, 3.63) is 202 Å². The molecule has 1 unspecified atom stereocenters. The van der Waals surface area contributed by atoms with Crippen LogP contribution in [0.5, 0.6) is 0 Å². The number of hydrogen-bond donors (Lipinski definition) is 1. The van der Waals surface area contributed by atoms with Gasteiger partial charge >= 0.3 is 5.91 Å². The average molecular weight is 1270 g/mol. The number of aryl methyl sites for hydroxylation is 1. The molecule has 0 saturated heterocycles. The highest BCUT2D eigenvalue weighted by molar-refractivity contribution is 7.86. The van der Waals surface area contributed by atoms with Gasteiger partial charge in [-0.3, -0.25) is 4.55 Å². The molecule has 6 aromatic rings. The van der Waals surface area contributed by atoms with Crippen LogP contribution < -0.4 is 10.7 Å². The lowest BCUT2D eigenvalue weighted by Crippen LogP contribution is -2.71. The van der Waals surface area contributed by atoms with Crippen molar-refractivity contribution in [1.29, 1.82) is 0 Å². The second-order valence-electron chi connectivity index (χ2n) is 16.2. The van der Waals surface area contributed by atoms with Crippen LogP contribution in [0.2, 0.25) is 60.3 Å². The Labute approximate surface area is 475 Å². The smallest absolute Gasteiger partial charge is 0.282 e. The van der Waals surface area contributed by atoms with Gasteiger partial charge in [0.2, 0.25) is 22.8 Å². The van der Waals surface area contributed by atoms with Crippen LogP contribution in [-0.2, 0) is 16.0 Å². The summed E-state index contributed by atoms with van der Waals surface area (Å²) in [6, 6.07) is 15.5. The fraction of sp³-hybridized carbons (Fsp3) is 0.0435. The summed E-state index contributed by atoms with van der Waals surface area (Å²) >= 11 is 119. The first-order chi connectivity index (χ1) is 33.0. The third-order valence-corrected chi connectivity index (χ3v) is 20.0. The zero-order valence-corrected chi connectivity index (χ0v) is 46.7. The van der Waals surface area contributed by atoms with Crippen molar-refractivity contribution >= 4 is 229 Å². The molecule has 6 aliphatic heterocycles. The maximum atomic E-state index is 13.1. The number of halogens is 16. The maximum Gasteiger partial charge on any atom is 0.554 e. The Morgan fingerprint density at radius 1 is 0.443 bits per heavy atom. The third-order valence-electron chi connectivity index (χ3n) is 12.9. The summed E-state index contributed by atoms with van der Waals surface area (Å²) in [4.78, 5) is -0.710. The van der Waals surface area contributed by atoms with E-state index in [0.717, 1.165) is 6.07 Å². The van der Waals surface area contributed by atoms with Gasteiger partial charge in [-0.2, -0.15) is 17.6 Å². The molecule has 1 atom stereocenters. The maximum absolute atomic E-state index is 13.1. The molecule has 24 heteroatoms. The molecule has 0 amide bonds. The minimum atomic E-state index is -5.03. The highest BCUT2D eigenvalue weighted by Crippen LogP contribution is 2.63. The summed E-state index contributed by atoms with van der Waals surface area (Å²) < 4.78 is 43.7. The van der Waals surface area contributed by atoms with Gasteiger partial charge in [-0.1, -0.05) is 213 Å². The molecule has 7 nitrogen and oxygen atoms in total. The lowest BCUT2D eigenvalue weighted by atomic mass is 9.92. The zero-order valence-electron chi connectivity index (χ0n) is 33.8. The van der Waals surface area contributed by atoms with Crippen LogP contribution >= 0.6 is 186 Å². The number of hydrogen-bond acceptors (Lipinski definition) is 2. The Morgan fingerprint density at radius 3 is 1.29 bits per heavy atom. The molecular formula is C46H14Cl16N4O3S+2. The Hall–Kier alpha value is -1.97. The van der Waals surface area contributed by atoms with E-state index in [1.165, 1.54) is 6.07 Å². The molecular weight excluding hydrogens is 1260 g/mol. The quantitative estimate of drug-likeness (QED) is 0.138. The number of nitrogens with zero attached hydrogens (tertiary/aromatic N) is 4. The van der Waals surface area contributed by atoms with Gasteiger partial charge in [0, 0.05) is 22.3 Å². The summed E-state index contributed by atoms with van der Waals surface area (Å²) in [5.74, 6) is -2.09. The lowest BCUT2D eigenvalue weighted by Gasteiger charge is -2.41. The molecule has 0 bridgehead atoms. The van der Waals surface area contributed by atoms with Gasteiger partial charge < -0.3 is 0 Å². The predicted octanol–water partition coefficient (Wildman–Crippen LogP) is 16.1. The van der Waals surface area contributed by atoms with Crippen molar-refractivity contribution in [3.63, 3.8) is 0 Å². The first kappa shape index (κ1) is 48.9. The van der Waals surface area contributed by atoms with Crippen LogP contribution in [0.15, 0.2) is 97.1 Å². The molecule has 2 aromatic heterocycles. The predicted molar refractivity (Wildman–Crippen MR) is 287 cm³/mol. The van der Waals surface area contributed by atoms with Gasteiger partial charge in [0.15, 0.2) is 0 Å². The van der Waals surface area contributed by atoms with E-state index in [2.05, 4.69) is 0 Å². The third kappa shape index (κ3) is 5.87. The van der Waals surface area contributed by atoms with Crippen LogP contribution in [0.3, 0.4) is 0 Å². The molecule has 1 N–H and O–H groups in total. The van der Waals surface area contributed by atoms with Crippen LogP contribution in [0.25, 0.3) is 22.3 Å². The van der Waals surface area contributed by atoms with Crippen molar-refractivity contribution in [2.45, 2.75) is 17.7 Å². The Morgan fingerprint density at radius 2 is 0.829 bits per heavy atom. The highest BCUT2D eigenvalue weighted by atomic mass is 35.5. The minimum Gasteiger partial charge on any atom is -0.282 e. The Balaban J connectivity index is 1.48. The van der Waals surface area contributed by atoms with Crippen molar-refractivity contribution < 1.29 is 22.1 Å². The molecule has 0 fully saturated rings. The van der Waals surface area contributed by atoms with Crippen molar-refractivity contribution in [2.24, 2.45) is 0 Å². The molecule has 352 valence electrons. The van der Waals surface area contributed by atoms with Crippen LogP contribution in [0, 0.1) is 6.92 Å². The molecule has 0 aliphatic carbocycles. The average Bonchev–Trinajstić information content (AvgIpc) is 3.92. The molecule has 6 aliphatic rings. The van der Waals surface area contributed by atoms with Crippen molar-refractivity contribution in [2.75, 3.05) is 0 Å². The minimum absolute atomic E-state index is 0.0124. The summed E-state index contributed by atoms with van der Waals surface area (Å²) in [6.07, 6.45) is 0. The van der Waals surface area contributed by atoms with Gasteiger partial charge in [0.05, 0.1) is 105 Å². The monoisotopic (exact) mass is 1260 g/mol. The van der Waals surface area contributed by atoms with Crippen LogP contribution in [0.1, 0.15) is 39.2 Å². The number of allylic oxidation sites excluding steroid dienone is 4. The fourth-order valence-electron chi connectivity index (χ4n) is 10.4. The number of aromatic nitrogens is 2. The van der Waals surface area contributed by atoms with Crippen molar-refractivity contribution in [1.82, 2.24) is 9.13 Å². The number of benzene rings is 4. The molecule has 0 radical (unpaired) electrons. The molecule has 8 heterocycles. The van der Waals surface area contributed by atoms with E-state index in [1.54, 1.807) is 73.7 Å². The summed E-state index contributed by atoms with van der Waals surface area (Å²) in [5.41, 5.74) is 2.40. The van der Waals surface area contributed by atoms with E-state index in [1.807, 2.05) is 0 Å². The van der Waals surface area contributed by atoms with E-state index in [-0.39, 0.29) is 165 Å². The standard InChI is InChI=1S/C46H13Cl16N4O3S/c1-12-8-9-17(51)22(28(12)53)26-42-34(59)32(57)40-24(20-13(47)4-2-5-14(20)48)38-30(55)31(56)39-25(21-15(49)6-3-7-16(21)50)41-33(58)35(60)44-27(23-18(52)10-11-19(29(23)54)70(67,68)69)45-37(62)36(61)43(26)66(45)46(63(38)39,64(40)42)65(41)44/h2-11H,1H3/q+1/p+1. The van der Waals surface area contributed by atoms with E-state index in [9.17, 15) is 13.0 Å². The topological polar surface area (TPSA) is 70.3 Å². The largest absolute Gasteiger partial charge is 0.554 e. The van der Waals surface area contributed by atoms with Crippen LogP contribution in [0.4, 0.5) is 0 Å². The number of rotatable bonds is 5. The summed E-state index contributed by atoms with van der Waals surface area (Å²) in [5, 5.41) is 0.00287. The second-order valence-corrected chi connectivity index (χ2v) is 23.8. The zero-order chi connectivity index (χ0) is 50.0. The Bertz CT molecular complexity index is 4140. The van der Waals surface area contributed by atoms with E-state index < -0.39 is 25.9 Å². The molecule has 12 rings (SSSR count). The van der Waals surface area contributed by atoms with Gasteiger partial charge in [-0.15, -0.1) is 0 Å². The molecule has 4 aromatic carbocycles. The molecule has 0 saturated carbocycles. The first-order valence-corrected chi connectivity index (χ1v) is 27.2. The molecule has 70 heavy (non-hydrogen) atoms. The van der Waals surface area contributed by atoms with Gasteiger partial charge in [0.25, 0.3) is 10.1 Å². The van der Waals surface area contributed by atoms with E-state index >= 15 is 0 Å². The summed E-state index contributed by atoms with van der Waals surface area (Å²) in [7, 11) is -5.03. The van der Waals surface area contributed by atoms with Crippen LogP contribution in [-0.4, -0.2) is 42.7 Å². The van der Waals surface area contributed by atoms with Gasteiger partial charge in [-0.25, -0.2) is 0 Å². The van der Waals surface area contributed by atoms with Gasteiger partial charge in [-0.05, 0) is 55.0 Å². The fourth-order valence-corrected chi connectivity index (χ4v) is 15.7. The van der Waals surface area contributed by atoms with E-state index in [0.29, 0.717) is 5.56 Å². The van der Waals surface area contributed by atoms with E-state index in [4.69, 9.17) is 186 Å². The summed E-state index contributed by atoms with van der Waals surface area (Å²) in [6.45, 7) is 1.78. The Kier molecular flexibility index (Phi) is 11.4.